The first-order valence-electron chi connectivity index (χ1n) is 11.6. The van der Waals surface area contributed by atoms with Gasteiger partial charge in [0.1, 0.15) is 10.3 Å². The van der Waals surface area contributed by atoms with Crippen LogP contribution in [0.25, 0.3) is 0 Å². The van der Waals surface area contributed by atoms with Gasteiger partial charge in [-0.25, -0.2) is 4.98 Å². The van der Waals surface area contributed by atoms with Crippen LogP contribution in [0.3, 0.4) is 0 Å². The van der Waals surface area contributed by atoms with Crippen LogP contribution in [0.2, 0.25) is 0 Å². The summed E-state index contributed by atoms with van der Waals surface area (Å²) in [6.45, 7) is 5.60. The molecule has 1 unspecified atom stereocenters. The van der Waals surface area contributed by atoms with E-state index in [-0.39, 0.29) is 12.4 Å². The molecule has 35 heavy (non-hydrogen) atoms. The van der Waals surface area contributed by atoms with Crippen LogP contribution in [-0.4, -0.2) is 50.5 Å². The van der Waals surface area contributed by atoms with E-state index < -0.39 is 27.9 Å². The fraction of sp³-hybridized carbons (Fsp3) is 0.400. The molecule has 2 aromatic heterocycles. The summed E-state index contributed by atoms with van der Waals surface area (Å²) >= 11 is 2.88. The van der Waals surface area contributed by atoms with Crippen molar-refractivity contribution in [2.45, 2.75) is 38.7 Å². The van der Waals surface area contributed by atoms with Gasteiger partial charge in [0, 0.05) is 38.9 Å². The van der Waals surface area contributed by atoms with Gasteiger partial charge in [0.05, 0.1) is 18.3 Å². The Balaban J connectivity index is 1.64. The van der Waals surface area contributed by atoms with E-state index in [1.807, 2.05) is 55.5 Å². The number of alkyl halides is 3. The molecule has 1 aromatic carbocycles. The number of hydrogen-bond acceptors (Lipinski definition) is 5. The summed E-state index contributed by atoms with van der Waals surface area (Å²) in [4.78, 5) is 26.0. The maximum absolute atomic E-state index is 13.8. The molecule has 1 aliphatic heterocycles. The summed E-state index contributed by atoms with van der Waals surface area (Å²) in [7, 11) is 0. The van der Waals surface area contributed by atoms with Crippen LogP contribution in [0.5, 0.6) is 0 Å². The molecule has 0 N–H and O–H groups in total. The van der Waals surface area contributed by atoms with Gasteiger partial charge in [-0.3, -0.25) is 24.1 Å². The van der Waals surface area contributed by atoms with Gasteiger partial charge in [-0.05, 0) is 40.0 Å². The molecule has 1 saturated heterocycles. The summed E-state index contributed by atoms with van der Waals surface area (Å²) in [5.41, 5.74) is -0.0964. The van der Waals surface area contributed by atoms with E-state index in [9.17, 15) is 18.0 Å². The van der Waals surface area contributed by atoms with Crippen molar-refractivity contribution in [2.75, 3.05) is 26.2 Å². The average molecular weight is 550 g/mol. The van der Waals surface area contributed by atoms with Crippen LogP contribution in [0.1, 0.15) is 42.2 Å². The predicted molar refractivity (Wildman–Crippen MR) is 131 cm³/mol. The number of nitrogens with zero attached hydrogens (tertiary/aromatic N) is 5. The van der Waals surface area contributed by atoms with Crippen LogP contribution < -0.4 is 5.56 Å². The second-order valence-electron chi connectivity index (χ2n) is 8.56. The molecule has 6 nitrogen and oxygen atoms in total. The van der Waals surface area contributed by atoms with E-state index in [0.29, 0.717) is 19.5 Å². The fourth-order valence-corrected chi connectivity index (χ4v) is 4.99. The highest BCUT2D eigenvalue weighted by atomic mass is 79.9. The van der Waals surface area contributed by atoms with Crippen LogP contribution in [0.4, 0.5) is 13.2 Å². The monoisotopic (exact) mass is 549 g/mol. The smallest absolute Gasteiger partial charge is 0.295 e. The lowest BCUT2D eigenvalue weighted by atomic mass is 10.1. The average Bonchev–Trinajstić information content (AvgIpc) is 2.85. The minimum atomic E-state index is -4.74. The summed E-state index contributed by atoms with van der Waals surface area (Å²) in [5, 5.41) is 0. The molecular weight excluding hydrogens is 523 g/mol. The highest BCUT2D eigenvalue weighted by Crippen LogP contribution is 2.34. The van der Waals surface area contributed by atoms with E-state index in [1.54, 1.807) is 6.20 Å². The molecule has 0 aliphatic carbocycles. The molecule has 10 heteroatoms. The number of halogens is 4. The van der Waals surface area contributed by atoms with Crippen LogP contribution in [-0.2, 0) is 19.3 Å². The van der Waals surface area contributed by atoms with E-state index in [4.69, 9.17) is 0 Å². The SMILES string of the molecule is CCC(c1nc(C(F)(F)F)c(Br)c(=O)n1Cc1ccccc1)N1CCN(Cc2ccccn2)CC1. The number of piperazine rings is 1. The van der Waals surface area contributed by atoms with E-state index in [1.165, 1.54) is 4.57 Å². The van der Waals surface area contributed by atoms with Crippen LogP contribution >= 0.6 is 15.9 Å². The topological polar surface area (TPSA) is 54.3 Å². The van der Waals surface area contributed by atoms with E-state index in [0.717, 1.165) is 30.9 Å². The van der Waals surface area contributed by atoms with Gasteiger partial charge in [-0.2, -0.15) is 13.2 Å². The maximum Gasteiger partial charge on any atom is 0.434 e. The molecule has 1 atom stereocenters. The highest BCUT2D eigenvalue weighted by molar-refractivity contribution is 9.10. The molecule has 3 aromatic rings. The molecule has 0 radical (unpaired) electrons. The molecule has 0 amide bonds. The fourth-order valence-electron chi connectivity index (χ4n) is 4.47. The van der Waals surface area contributed by atoms with Gasteiger partial charge in [-0.1, -0.05) is 43.3 Å². The van der Waals surface area contributed by atoms with Crippen molar-refractivity contribution in [3.05, 3.63) is 92.3 Å². The number of pyridine rings is 1. The molecule has 1 fully saturated rings. The summed E-state index contributed by atoms with van der Waals surface area (Å²) in [6.07, 6.45) is -2.44. The Morgan fingerprint density at radius 1 is 1.00 bits per heavy atom. The van der Waals surface area contributed by atoms with Gasteiger partial charge >= 0.3 is 6.18 Å². The maximum atomic E-state index is 13.8. The van der Waals surface area contributed by atoms with Gasteiger partial charge in [-0.15, -0.1) is 0 Å². The Morgan fingerprint density at radius 2 is 1.69 bits per heavy atom. The lowest BCUT2D eigenvalue weighted by Crippen LogP contribution is -2.48. The van der Waals surface area contributed by atoms with Gasteiger partial charge in [0.15, 0.2) is 5.69 Å². The number of aromatic nitrogens is 3. The Hall–Kier alpha value is -2.56. The molecule has 0 saturated carbocycles. The van der Waals surface area contributed by atoms with Gasteiger partial charge < -0.3 is 0 Å². The lowest BCUT2D eigenvalue weighted by molar-refractivity contribution is -0.142. The van der Waals surface area contributed by atoms with E-state index >= 15 is 0 Å². The summed E-state index contributed by atoms with van der Waals surface area (Å²) in [5.74, 6) is 0.148. The molecule has 1 aliphatic rings. The van der Waals surface area contributed by atoms with E-state index in [2.05, 4.69) is 35.7 Å². The quantitative estimate of drug-likeness (QED) is 0.426. The first-order chi connectivity index (χ1) is 16.8. The zero-order valence-electron chi connectivity index (χ0n) is 19.4. The molecular formula is C25H27BrF3N5O. The lowest BCUT2D eigenvalue weighted by Gasteiger charge is -2.39. The minimum Gasteiger partial charge on any atom is -0.295 e. The van der Waals surface area contributed by atoms with Gasteiger partial charge in [0.25, 0.3) is 5.56 Å². The first-order valence-corrected chi connectivity index (χ1v) is 12.3. The predicted octanol–water partition coefficient (Wildman–Crippen LogP) is 4.74. The van der Waals surface area contributed by atoms with Crippen molar-refractivity contribution in [1.29, 1.82) is 0 Å². The molecule has 4 rings (SSSR count). The van der Waals surface area contributed by atoms with Crippen molar-refractivity contribution in [2.24, 2.45) is 0 Å². The third kappa shape index (κ3) is 5.99. The van der Waals surface area contributed by atoms with Crippen molar-refractivity contribution >= 4 is 15.9 Å². The Labute approximate surface area is 210 Å². The van der Waals surface area contributed by atoms with Crippen LogP contribution in [0, 0.1) is 0 Å². The molecule has 186 valence electrons. The third-order valence-electron chi connectivity index (χ3n) is 6.24. The third-order valence-corrected chi connectivity index (χ3v) is 6.95. The minimum absolute atomic E-state index is 0.148. The Morgan fingerprint density at radius 3 is 2.29 bits per heavy atom. The summed E-state index contributed by atoms with van der Waals surface area (Å²) < 4.78 is 42.1. The second kappa shape index (κ2) is 11.0. The Kier molecular flexibility index (Phi) is 8.03. The van der Waals surface area contributed by atoms with Gasteiger partial charge in [0.2, 0.25) is 0 Å². The second-order valence-corrected chi connectivity index (χ2v) is 9.36. The van der Waals surface area contributed by atoms with Crippen molar-refractivity contribution in [1.82, 2.24) is 24.3 Å². The molecule has 0 bridgehead atoms. The summed E-state index contributed by atoms with van der Waals surface area (Å²) in [6, 6.07) is 14.6. The highest BCUT2D eigenvalue weighted by Gasteiger charge is 2.39. The number of rotatable bonds is 7. The van der Waals surface area contributed by atoms with Crippen molar-refractivity contribution in [3.63, 3.8) is 0 Å². The zero-order chi connectivity index (χ0) is 25.0. The molecule has 0 spiro atoms. The van der Waals surface area contributed by atoms with Crippen molar-refractivity contribution < 1.29 is 13.2 Å². The number of hydrogen-bond donors (Lipinski definition) is 0. The Bertz CT molecular complexity index is 1180. The zero-order valence-corrected chi connectivity index (χ0v) is 21.0. The molecule has 3 heterocycles. The largest absolute Gasteiger partial charge is 0.434 e. The van der Waals surface area contributed by atoms with Crippen molar-refractivity contribution in [3.8, 4) is 0 Å². The number of benzene rings is 1. The normalized spacial score (nSPS) is 16.4. The first kappa shape index (κ1) is 25.5. The van der Waals surface area contributed by atoms with Crippen LogP contribution in [0.15, 0.2) is 64.0 Å². The standard InChI is InChI=1S/C25H27BrF3N5O/c1-2-20(33-14-12-32(13-15-33)17-19-10-6-7-11-30-19)23-31-22(25(27,28)29)21(26)24(35)34(23)16-18-8-4-3-5-9-18/h3-11,20H,2,12-17H2,1H3.